The summed E-state index contributed by atoms with van der Waals surface area (Å²) in [6, 6.07) is 7.23. The van der Waals surface area contributed by atoms with Gasteiger partial charge >= 0.3 is 0 Å². The van der Waals surface area contributed by atoms with Crippen LogP contribution in [0.5, 0.6) is 23.0 Å². The van der Waals surface area contributed by atoms with Crippen molar-refractivity contribution in [1.82, 2.24) is 0 Å². The fourth-order valence-corrected chi connectivity index (χ4v) is 5.87. The minimum absolute atomic E-state index is 0.00193. The maximum atomic E-state index is 10.7. The molecule has 1 heterocycles. The summed E-state index contributed by atoms with van der Waals surface area (Å²) >= 11 is 0. The Balaban J connectivity index is 1.66. The Morgan fingerprint density at radius 1 is 1.03 bits per heavy atom. The van der Waals surface area contributed by atoms with Crippen LogP contribution in [0.15, 0.2) is 35.9 Å². The second-order valence-corrected chi connectivity index (χ2v) is 11.3. The lowest BCUT2D eigenvalue weighted by Gasteiger charge is -2.56. The highest BCUT2D eigenvalue weighted by Crippen LogP contribution is 2.55. The lowest BCUT2D eigenvalue weighted by atomic mass is 9.57. The van der Waals surface area contributed by atoms with Gasteiger partial charge in [0.25, 0.3) is 0 Å². The van der Waals surface area contributed by atoms with Gasteiger partial charge in [-0.15, -0.1) is 0 Å². The van der Waals surface area contributed by atoms with Gasteiger partial charge in [-0.3, -0.25) is 0 Å². The van der Waals surface area contributed by atoms with Crippen LogP contribution < -0.4 is 9.47 Å². The molecule has 1 fully saturated rings. The minimum atomic E-state index is -0.850. The summed E-state index contributed by atoms with van der Waals surface area (Å²) in [4.78, 5) is 0. The van der Waals surface area contributed by atoms with Gasteiger partial charge in [0.1, 0.15) is 17.1 Å². The summed E-state index contributed by atoms with van der Waals surface area (Å²) in [6.07, 6.45) is 5.53. The first kappa shape index (κ1) is 26.1. The smallest absolute Gasteiger partial charge is 0.165 e. The maximum Gasteiger partial charge on any atom is 0.165 e. The Bertz CT molecular complexity index is 1180. The van der Waals surface area contributed by atoms with Crippen LogP contribution in [0.25, 0.3) is 12.2 Å². The predicted octanol–water partition coefficient (Wildman–Crippen LogP) is 5.25. The Morgan fingerprint density at radius 3 is 2.22 bits per heavy atom. The van der Waals surface area contributed by atoms with Gasteiger partial charge in [0.15, 0.2) is 11.5 Å². The number of aliphatic hydroxyl groups excluding tert-OH is 2. The highest BCUT2D eigenvalue weighted by molar-refractivity contribution is 5.73. The van der Waals surface area contributed by atoms with E-state index in [4.69, 9.17) is 9.47 Å². The molecule has 0 saturated heterocycles. The molecule has 4 rings (SSSR count). The van der Waals surface area contributed by atoms with Crippen molar-refractivity contribution in [1.29, 1.82) is 0 Å². The van der Waals surface area contributed by atoms with E-state index in [1.165, 1.54) is 0 Å². The molecule has 0 radical (unpaired) electrons. The van der Waals surface area contributed by atoms with Crippen molar-refractivity contribution in [2.24, 2.45) is 11.3 Å². The van der Waals surface area contributed by atoms with Crippen molar-refractivity contribution in [3.8, 4) is 23.0 Å². The van der Waals surface area contributed by atoms with Gasteiger partial charge in [-0.2, -0.15) is 0 Å². The van der Waals surface area contributed by atoms with Crippen molar-refractivity contribution >= 4 is 12.2 Å². The summed E-state index contributed by atoms with van der Waals surface area (Å²) in [7, 11) is 1.60. The molecule has 4 atom stereocenters. The number of phenols is 2. The summed E-state index contributed by atoms with van der Waals surface area (Å²) in [5, 5.41) is 42.1. The molecular weight excluding hydrogens is 456 g/mol. The molecule has 0 amide bonds. The molecule has 194 valence electrons. The third kappa shape index (κ3) is 4.72. The largest absolute Gasteiger partial charge is 0.507 e. The van der Waals surface area contributed by atoms with Crippen molar-refractivity contribution in [3.63, 3.8) is 0 Å². The van der Waals surface area contributed by atoms with Crippen LogP contribution >= 0.6 is 0 Å². The van der Waals surface area contributed by atoms with Crippen molar-refractivity contribution in [2.75, 3.05) is 7.11 Å². The first-order valence-electron chi connectivity index (χ1n) is 12.5. The average molecular weight is 495 g/mol. The van der Waals surface area contributed by atoms with E-state index in [1.54, 1.807) is 19.2 Å². The molecular formula is C30H38O6. The quantitative estimate of drug-likeness (QED) is 0.335. The number of allylic oxidation sites excluding steroid dienone is 2. The third-order valence-corrected chi connectivity index (χ3v) is 7.92. The number of ether oxygens (including phenoxy) is 2. The van der Waals surface area contributed by atoms with Crippen LogP contribution in [0.2, 0.25) is 0 Å². The van der Waals surface area contributed by atoms with Crippen LogP contribution in [0.4, 0.5) is 0 Å². The van der Waals surface area contributed by atoms with Crippen LogP contribution in [-0.2, 0) is 12.8 Å². The fourth-order valence-electron chi connectivity index (χ4n) is 5.87. The molecule has 2 aliphatic rings. The number of hydrogen-bond donors (Lipinski definition) is 4. The zero-order valence-electron chi connectivity index (χ0n) is 22.0. The summed E-state index contributed by atoms with van der Waals surface area (Å²) in [5.74, 6) is 1.40. The summed E-state index contributed by atoms with van der Waals surface area (Å²) in [6.45, 7) is 9.93. The minimum Gasteiger partial charge on any atom is -0.507 e. The Labute approximate surface area is 213 Å². The molecule has 6 heteroatoms. The standard InChI is InChI=1S/C30H38O6/c1-17(2)7-10-21-22(31)12-19(13-23(21)32)9-8-18-11-20-15-26-29(3,4)28(34)24(33)16-30(26,5)36-27(20)25(14-18)35-6/h7-9,11-14,24,26,28,31-34H,10,15-16H2,1-6H3/b9-8+/t24-,26-,28-,30-/m1/s1. The second kappa shape index (κ2) is 9.49. The number of fused-ring (bicyclic) bond motifs is 2. The van der Waals surface area contributed by atoms with Gasteiger partial charge in [-0.25, -0.2) is 0 Å². The molecule has 1 saturated carbocycles. The normalized spacial score (nSPS) is 26.6. The van der Waals surface area contributed by atoms with E-state index in [1.807, 2.05) is 65.0 Å². The average Bonchev–Trinajstić information content (AvgIpc) is 2.79. The van der Waals surface area contributed by atoms with Gasteiger partial charge in [0.2, 0.25) is 0 Å². The molecule has 1 aliphatic carbocycles. The number of aliphatic hydroxyl groups is 2. The number of hydrogen-bond acceptors (Lipinski definition) is 6. The van der Waals surface area contributed by atoms with Gasteiger partial charge in [-0.1, -0.05) is 37.6 Å². The molecule has 36 heavy (non-hydrogen) atoms. The SMILES string of the molecule is COc1cc(/C=C/c2cc(O)c(CC=C(C)C)c(O)c2)cc2c1O[C@]1(C)C[C@@H](O)[C@@H](O)C(C)(C)[C@H]1C2. The van der Waals surface area contributed by atoms with Gasteiger partial charge < -0.3 is 29.9 Å². The zero-order chi connectivity index (χ0) is 26.4. The molecule has 0 bridgehead atoms. The Hall–Kier alpha value is -2.96. The molecule has 4 N–H and O–H groups in total. The predicted molar refractivity (Wildman–Crippen MR) is 141 cm³/mol. The molecule has 1 aliphatic heterocycles. The fraction of sp³-hybridized carbons (Fsp3) is 0.467. The number of aromatic hydroxyl groups is 2. The Kier molecular flexibility index (Phi) is 6.88. The monoisotopic (exact) mass is 494 g/mol. The molecule has 2 aromatic carbocycles. The van der Waals surface area contributed by atoms with Crippen LogP contribution in [0, 0.1) is 11.3 Å². The first-order valence-corrected chi connectivity index (χ1v) is 12.5. The van der Waals surface area contributed by atoms with E-state index in [0.29, 0.717) is 41.9 Å². The van der Waals surface area contributed by atoms with Gasteiger partial charge in [0, 0.05) is 23.3 Å². The van der Waals surface area contributed by atoms with Gasteiger partial charge in [0.05, 0.1) is 19.3 Å². The van der Waals surface area contributed by atoms with E-state index in [2.05, 4.69) is 0 Å². The lowest BCUT2D eigenvalue weighted by molar-refractivity contribution is -0.187. The number of phenolic OH excluding ortho intramolecular Hbond substituents is 2. The molecule has 0 unspecified atom stereocenters. The molecule has 6 nitrogen and oxygen atoms in total. The molecule has 0 aromatic heterocycles. The van der Waals surface area contributed by atoms with E-state index in [9.17, 15) is 20.4 Å². The van der Waals surface area contributed by atoms with Crippen molar-refractivity contribution < 1.29 is 29.9 Å². The van der Waals surface area contributed by atoms with Crippen LogP contribution in [0.3, 0.4) is 0 Å². The lowest BCUT2D eigenvalue weighted by Crippen LogP contribution is -2.63. The highest BCUT2D eigenvalue weighted by Gasteiger charge is 2.58. The number of rotatable bonds is 5. The number of methoxy groups -OCH3 is 1. The summed E-state index contributed by atoms with van der Waals surface area (Å²) < 4.78 is 12.2. The third-order valence-electron chi connectivity index (χ3n) is 7.92. The molecule has 0 spiro atoms. The van der Waals surface area contributed by atoms with Crippen LogP contribution in [0.1, 0.15) is 63.3 Å². The van der Waals surface area contributed by atoms with E-state index >= 15 is 0 Å². The number of benzene rings is 2. The maximum absolute atomic E-state index is 10.7. The van der Waals surface area contributed by atoms with E-state index in [0.717, 1.165) is 16.7 Å². The zero-order valence-corrected chi connectivity index (χ0v) is 22.0. The molecule has 2 aromatic rings. The highest BCUT2D eigenvalue weighted by atomic mass is 16.5. The first-order chi connectivity index (χ1) is 16.9. The summed E-state index contributed by atoms with van der Waals surface area (Å²) in [5.41, 5.74) is 3.01. The van der Waals surface area contributed by atoms with Crippen molar-refractivity contribution in [2.45, 2.75) is 71.7 Å². The van der Waals surface area contributed by atoms with Gasteiger partial charge in [-0.05, 0) is 74.6 Å². The van der Waals surface area contributed by atoms with E-state index in [-0.39, 0.29) is 17.4 Å². The Morgan fingerprint density at radius 2 is 1.64 bits per heavy atom. The topological polar surface area (TPSA) is 99.4 Å². The van der Waals surface area contributed by atoms with Crippen molar-refractivity contribution in [3.05, 3.63) is 58.2 Å². The van der Waals surface area contributed by atoms with E-state index < -0.39 is 23.2 Å². The van der Waals surface area contributed by atoms with Crippen LogP contribution in [-0.4, -0.2) is 45.3 Å². The second-order valence-electron chi connectivity index (χ2n) is 11.3.